The summed E-state index contributed by atoms with van der Waals surface area (Å²) >= 11 is 0. The van der Waals surface area contributed by atoms with E-state index in [1.165, 1.54) is 6.42 Å². The Morgan fingerprint density at radius 1 is 1.21 bits per heavy atom. The van der Waals surface area contributed by atoms with Gasteiger partial charge in [0.1, 0.15) is 0 Å². The molecule has 14 heavy (non-hydrogen) atoms. The fraction of sp³-hybridized carbons (Fsp3) is 0.538. The summed E-state index contributed by atoms with van der Waals surface area (Å²) in [5.74, 6) is 0.388. The van der Waals surface area contributed by atoms with E-state index in [1.54, 1.807) is 0 Å². The molecular formula is C13H18O. The van der Waals surface area contributed by atoms with Crippen LogP contribution in [0.15, 0.2) is 30.3 Å². The molecule has 1 aliphatic carbocycles. The molecule has 0 amide bonds. The lowest BCUT2D eigenvalue weighted by atomic mass is 9.72. The van der Waals surface area contributed by atoms with Crippen molar-refractivity contribution in [3.8, 4) is 0 Å². The van der Waals surface area contributed by atoms with Crippen LogP contribution < -0.4 is 0 Å². The first kappa shape index (κ1) is 9.72. The van der Waals surface area contributed by atoms with Crippen molar-refractivity contribution in [2.45, 2.75) is 38.2 Å². The van der Waals surface area contributed by atoms with Crippen LogP contribution in [0.4, 0.5) is 0 Å². The van der Waals surface area contributed by atoms with Crippen molar-refractivity contribution >= 4 is 0 Å². The Bertz CT molecular complexity index is 293. The number of aliphatic hydroxyl groups is 1. The molecule has 1 aromatic carbocycles. The first-order chi connectivity index (χ1) is 6.73. The Hall–Kier alpha value is -0.820. The van der Waals surface area contributed by atoms with Crippen LogP contribution >= 0.6 is 0 Å². The molecule has 0 bridgehead atoms. The molecule has 1 nitrogen and oxygen atoms in total. The molecule has 0 spiro atoms. The minimum atomic E-state index is -0.570. The summed E-state index contributed by atoms with van der Waals surface area (Å²) in [6, 6.07) is 10.1. The van der Waals surface area contributed by atoms with Gasteiger partial charge in [-0.3, -0.25) is 0 Å². The van der Waals surface area contributed by atoms with Gasteiger partial charge in [0.15, 0.2) is 0 Å². The highest BCUT2D eigenvalue weighted by molar-refractivity contribution is 5.23. The van der Waals surface area contributed by atoms with Crippen LogP contribution in [0, 0.1) is 5.92 Å². The molecule has 76 valence electrons. The normalized spacial score (nSPS) is 32.9. The van der Waals surface area contributed by atoms with E-state index in [0.717, 1.165) is 24.8 Å². The van der Waals surface area contributed by atoms with E-state index >= 15 is 0 Å². The van der Waals surface area contributed by atoms with Crippen LogP contribution in [0.2, 0.25) is 0 Å². The second-order valence-electron chi connectivity index (χ2n) is 4.44. The first-order valence-electron chi connectivity index (χ1n) is 5.51. The molecule has 1 N–H and O–H groups in total. The number of benzene rings is 1. The number of hydrogen-bond donors (Lipinski definition) is 1. The highest BCUT2D eigenvalue weighted by Gasteiger charge is 2.37. The third-order valence-corrected chi connectivity index (χ3v) is 3.53. The summed E-state index contributed by atoms with van der Waals surface area (Å²) in [5.41, 5.74) is 0.520. The summed E-state index contributed by atoms with van der Waals surface area (Å²) < 4.78 is 0. The van der Waals surface area contributed by atoms with Crippen LogP contribution in [0.1, 0.15) is 38.2 Å². The summed E-state index contributed by atoms with van der Waals surface area (Å²) in [6.07, 6.45) is 4.47. The van der Waals surface area contributed by atoms with E-state index in [1.807, 2.05) is 30.3 Å². The maximum absolute atomic E-state index is 10.6. The number of hydrogen-bond acceptors (Lipinski definition) is 1. The van der Waals surface area contributed by atoms with Gasteiger partial charge in [-0.15, -0.1) is 0 Å². The molecule has 2 unspecified atom stereocenters. The van der Waals surface area contributed by atoms with Gasteiger partial charge in [-0.2, -0.15) is 0 Å². The minimum Gasteiger partial charge on any atom is -0.385 e. The van der Waals surface area contributed by atoms with Gasteiger partial charge >= 0.3 is 0 Å². The van der Waals surface area contributed by atoms with Crippen molar-refractivity contribution in [2.24, 2.45) is 5.92 Å². The SMILES string of the molecule is CC1CCCCC1(O)c1ccccc1. The lowest BCUT2D eigenvalue weighted by Crippen LogP contribution is -2.36. The van der Waals surface area contributed by atoms with E-state index in [-0.39, 0.29) is 0 Å². The zero-order valence-electron chi connectivity index (χ0n) is 8.74. The molecule has 1 heteroatoms. The lowest BCUT2D eigenvalue weighted by molar-refractivity contribution is -0.0469. The summed E-state index contributed by atoms with van der Waals surface area (Å²) in [5, 5.41) is 10.6. The van der Waals surface area contributed by atoms with Gasteiger partial charge in [0.25, 0.3) is 0 Å². The van der Waals surface area contributed by atoms with Crippen LogP contribution in [0.5, 0.6) is 0 Å². The van der Waals surface area contributed by atoms with Crippen molar-refractivity contribution in [3.63, 3.8) is 0 Å². The largest absolute Gasteiger partial charge is 0.385 e. The third kappa shape index (κ3) is 1.57. The molecule has 0 heterocycles. The predicted molar refractivity (Wildman–Crippen MR) is 58.0 cm³/mol. The fourth-order valence-corrected chi connectivity index (χ4v) is 2.49. The van der Waals surface area contributed by atoms with Crippen molar-refractivity contribution in [1.29, 1.82) is 0 Å². The monoisotopic (exact) mass is 190 g/mol. The van der Waals surface area contributed by atoms with Crippen LogP contribution in [0.3, 0.4) is 0 Å². The van der Waals surface area contributed by atoms with Gasteiger partial charge in [-0.25, -0.2) is 0 Å². The summed E-state index contributed by atoms with van der Waals surface area (Å²) in [7, 11) is 0. The van der Waals surface area contributed by atoms with Gasteiger partial charge < -0.3 is 5.11 Å². The van der Waals surface area contributed by atoms with Crippen LogP contribution in [-0.2, 0) is 5.60 Å². The maximum Gasteiger partial charge on any atom is 0.0921 e. The van der Waals surface area contributed by atoms with Gasteiger partial charge in [0.05, 0.1) is 5.60 Å². The molecule has 1 fully saturated rings. The van der Waals surface area contributed by atoms with Gasteiger partial charge in [0, 0.05) is 0 Å². The molecule has 2 atom stereocenters. The molecule has 0 radical (unpaired) electrons. The van der Waals surface area contributed by atoms with Gasteiger partial charge in [0.2, 0.25) is 0 Å². The standard InChI is InChI=1S/C13H18O/c1-11-7-5-6-10-13(11,14)12-8-3-2-4-9-12/h2-4,8-9,11,14H,5-7,10H2,1H3. The Morgan fingerprint density at radius 3 is 2.57 bits per heavy atom. The smallest absolute Gasteiger partial charge is 0.0921 e. The first-order valence-corrected chi connectivity index (χ1v) is 5.51. The average Bonchev–Trinajstić information content (AvgIpc) is 2.24. The van der Waals surface area contributed by atoms with E-state index in [9.17, 15) is 5.11 Å². The maximum atomic E-state index is 10.6. The summed E-state index contributed by atoms with van der Waals surface area (Å²) in [4.78, 5) is 0. The Labute approximate surface area is 85.8 Å². The molecule has 1 aliphatic rings. The predicted octanol–water partition coefficient (Wildman–Crippen LogP) is 3.08. The molecule has 0 aromatic heterocycles. The lowest BCUT2D eigenvalue weighted by Gasteiger charge is -2.38. The second-order valence-corrected chi connectivity index (χ2v) is 4.44. The average molecular weight is 190 g/mol. The molecule has 1 aromatic rings. The topological polar surface area (TPSA) is 20.2 Å². The Kier molecular flexibility index (Phi) is 2.60. The quantitative estimate of drug-likeness (QED) is 0.721. The molecule has 2 rings (SSSR count). The minimum absolute atomic E-state index is 0.388. The van der Waals surface area contributed by atoms with Crippen LogP contribution in [0.25, 0.3) is 0 Å². The Balaban J connectivity index is 2.30. The Morgan fingerprint density at radius 2 is 1.93 bits per heavy atom. The number of rotatable bonds is 1. The molecule has 1 saturated carbocycles. The zero-order valence-corrected chi connectivity index (χ0v) is 8.74. The molecular weight excluding hydrogens is 172 g/mol. The van der Waals surface area contributed by atoms with Gasteiger partial charge in [-0.1, -0.05) is 50.1 Å². The highest BCUT2D eigenvalue weighted by atomic mass is 16.3. The van der Waals surface area contributed by atoms with Crippen molar-refractivity contribution < 1.29 is 5.11 Å². The van der Waals surface area contributed by atoms with E-state index in [4.69, 9.17) is 0 Å². The van der Waals surface area contributed by atoms with Gasteiger partial charge in [-0.05, 0) is 24.3 Å². The molecule has 0 aliphatic heterocycles. The van der Waals surface area contributed by atoms with Crippen LogP contribution in [-0.4, -0.2) is 5.11 Å². The molecule has 0 saturated heterocycles. The van der Waals surface area contributed by atoms with Crippen molar-refractivity contribution in [3.05, 3.63) is 35.9 Å². The van der Waals surface area contributed by atoms with E-state index in [0.29, 0.717) is 5.92 Å². The second kappa shape index (κ2) is 3.74. The zero-order chi connectivity index (χ0) is 10.0. The fourth-order valence-electron chi connectivity index (χ4n) is 2.49. The van der Waals surface area contributed by atoms with E-state index in [2.05, 4.69) is 6.92 Å². The summed E-state index contributed by atoms with van der Waals surface area (Å²) in [6.45, 7) is 2.16. The third-order valence-electron chi connectivity index (χ3n) is 3.53. The van der Waals surface area contributed by atoms with Crippen molar-refractivity contribution in [2.75, 3.05) is 0 Å². The van der Waals surface area contributed by atoms with Crippen molar-refractivity contribution in [1.82, 2.24) is 0 Å². The van der Waals surface area contributed by atoms with E-state index < -0.39 is 5.60 Å². The highest BCUT2D eigenvalue weighted by Crippen LogP contribution is 2.41.